The van der Waals surface area contributed by atoms with Crippen molar-refractivity contribution in [2.45, 2.75) is 40.2 Å². The normalized spacial score (nSPS) is 11.1. The zero-order valence-corrected chi connectivity index (χ0v) is 17.5. The highest BCUT2D eigenvalue weighted by Gasteiger charge is 2.20. The molecule has 158 valence electrons. The molecule has 1 amide bonds. The molecule has 9 heteroatoms. The number of benzene rings is 1. The van der Waals surface area contributed by atoms with Gasteiger partial charge in [-0.3, -0.25) is 14.4 Å². The van der Waals surface area contributed by atoms with Crippen LogP contribution in [0.4, 0.5) is 0 Å². The smallest absolute Gasteiger partial charge is 0.325 e. The summed E-state index contributed by atoms with van der Waals surface area (Å²) in [4.78, 5) is 37.0. The van der Waals surface area contributed by atoms with Gasteiger partial charge in [-0.15, -0.1) is 0 Å². The number of aromatic nitrogens is 4. The van der Waals surface area contributed by atoms with E-state index >= 15 is 0 Å². The summed E-state index contributed by atoms with van der Waals surface area (Å²) in [6.45, 7) is 7.20. The molecule has 0 spiro atoms. The van der Waals surface area contributed by atoms with E-state index in [1.54, 1.807) is 17.8 Å². The minimum Gasteiger partial charge on any atom is -0.465 e. The van der Waals surface area contributed by atoms with Crippen molar-refractivity contribution in [3.8, 4) is 5.69 Å². The maximum Gasteiger partial charge on any atom is 0.325 e. The molecular weight excluding hydrogens is 386 g/mol. The van der Waals surface area contributed by atoms with Crippen LogP contribution in [0.5, 0.6) is 0 Å². The van der Waals surface area contributed by atoms with Crippen molar-refractivity contribution in [1.29, 1.82) is 0 Å². The van der Waals surface area contributed by atoms with Gasteiger partial charge in [-0.05, 0) is 31.4 Å². The molecule has 0 radical (unpaired) electrons. The number of rotatable bonds is 7. The Labute approximate surface area is 173 Å². The average Bonchev–Trinajstić information content (AvgIpc) is 3.14. The monoisotopic (exact) mass is 411 g/mol. The average molecular weight is 411 g/mol. The molecule has 3 aromatic rings. The molecule has 0 aliphatic rings. The summed E-state index contributed by atoms with van der Waals surface area (Å²) in [5, 5.41) is 11.9. The second-order valence-corrected chi connectivity index (χ2v) is 7.19. The standard InChI is InChI=1S/C21H25N5O4/c1-5-30-18(28)11-22-17(27)12-25-21(29)20-15(19(24-25)13(2)3)10-23-26(20)16-9-7-6-8-14(16)4/h6-10,13H,5,11-12H2,1-4H3,(H,22,27). The molecule has 30 heavy (non-hydrogen) atoms. The first-order valence-electron chi connectivity index (χ1n) is 9.80. The van der Waals surface area contributed by atoms with Crippen molar-refractivity contribution in [2.75, 3.05) is 13.2 Å². The summed E-state index contributed by atoms with van der Waals surface area (Å²) in [5.41, 5.74) is 2.35. The van der Waals surface area contributed by atoms with Crippen molar-refractivity contribution in [3.63, 3.8) is 0 Å². The summed E-state index contributed by atoms with van der Waals surface area (Å²) >= 11 is 0. The van der Waals surface area contributed by atoms with Crippen molar-refractivity contribution in [3.05, 3.63) is 52.1 Å². The second-order valence-electron chi connectivity index (χ2n) is 7.19. The van der Waals surface area contributed by atoms with E-state index in [2.05, 4.69) is 15.5 Å². The van der Waals surface area contributed by atoms with Crippen LogP contribution in [-0.4, -0.2) is 44.6 Å². The van der Waals surface area contributed by atoms with Gasteiger partial charge in [0.15, 0.2) is 0 Å². The van der Waals surface area contributed by atoms with Crippen LogP contribution >= 0.6 is 0 Å². The number of para-hydroxylation sites is 1. The maximum absolute atomic E-state index is 13.2. The van der Waals surface area contributed by atoms with E-state index in [-0.39, 0.29) is 25.6 Å². The van der Waals surface area contributed by atoms with Gasteiger partial charge >= 0.3 is 5.97 Å². The van der Waals surface area contributed by atoms with Crippen LogP contribution in [0.3, 0.4) is 0 Å². The van der Waals surface area contributed by atoms with Gasteiger partial charge in [0.2, 0.25) is 5.91 Å². The van der Waals surface area contributed by atoms with Gasteiger partial charge in [0.1, 0.15) is 18.6 Å². The molecule has 0 atom stereocenters. The fraction of sp³-hybridized carbons (Fsp3) is 0.381. The summed E-state index contributed by atoms with van der Waals surface area (Å²) in [6, 6.07) is 7.61. The van der Waals surface area contributed by atoms with Gasteiger partial charge in [-0.25, -0.2) is 9.36 Å². The minimum absolute atomic E-state index is 0.0106. The predicted molar refractivity (Wildman–Crippen MR) is 112 cm³/mol. The number of carbonyl (C=O) groups is 2. The fourth-order valence-corrected chi connectivity index (χ4v) is 3.19. The van der Waals surface area contributed by atoms with Crippen LogP contribution in [0.1, 0.15) is 37.9 Å². The molecule has 0 saturated heterocycles. The molecule has 3 rings (SSSR count). The van der Waals surface area contributed by atoms with Crippen LogP contribution in [0.15, 0.2) is 35.3 Å². The Kier molecular flexibility index (Phi) is 6.29. The van der Waals surface area contributed by atoms with Gasteiger partial charge in [0.25, 0.3) is 5.56 Å². The number of carbonyl (C=O) groups excluding carboxylic acids is 2. The molecule has 0 fully saturated rings. The lowest BCUT2D eigenvalue weighted by molar-refractivity contribution is -0.143. The zero-order chi connectivity index (χ0) is 21.8. The molecule has 1 aromatic carbocycles. The second kappa shape index (κ2) is 8.89. The SMILES string of the molecule is CCOC(=O)CNC(=O)Cn1nc(C(C)C)c2cnn(-c3ccccc3C)c2c1=O. The van der Waals surface area contributed by atoms with Crippen LogP contribution in [0.25, 0.3) is 16.6 Å². The Balaban J connectivity index is 2.04. The number of nitrogens with one attached hydrogen (secondary N) is 1. The number of fused-ring (bicyclic) bond motifs is 1. The molecule has 0 unspecified atom stereocenters. The number of esters is 1. The van der Waals surface area contributed by atoms with Gasteiger partial charge in [-0.1, -0.05) is 32.0 Å². The van der Waals surface area contributed by atoms with Crippen LogP contribution in [0.2, 0.25) is 0 Å². The number of ether oxygens (including phenoxy) is 1. The highest BCUT2D eigenvalue weighted by molar-refractivity contribution is 5.84. The number of amides is 1. The molecule has 0 saturated carbocycles. The van der Waals surface area contributed by atoms with Crippen molar-refractivity contribution < 1.29 is 14.3 Å². The van der Waals surface area contributed by atoms with Gasteiger partial charge < -0.3 is 10.1 Å². The number of hydrogen-bond donors (Lipinski definition) is 1. The summed E-state index contributed by atoms with van der Waals surface area (Å²) < 4.78 is 7.50. The molecule has 1 N–H and O–H groups in total. The van der Waals surface area contributed by atoms with E-state index in [4.69, 9.17) is 4.74 Å². The molecule has 0 bridgehead atoms. The Morgan fingerprint density at radius 2 is 1.97 bits per heavy atom. The molecule has 2 heterocycles. The largest absolute Gasteiger partial charge is 0.465 e. The van der Waals surface area contributed by atoms with E-state index in [1.165, 1.54) is 0 Å². The summed E-state index contributed by atoms with van der Waals surface area (Å²) in [6.07, 6.45) is 1.64. The van der Waals surface area contributed by atoms with E-state index in [9.17, 15) is 14.4 Å². The number of aryl methyl sites for hydroxylation is 1. The van der Waals surface area contributed by atoms with E-state index in [0.717, 1.165) is 15.9 Å². The lowest BCUT2D eigenvalue weighted by Gasteiger charge is -2.13. The third-order valence-electron chi connectivity index (χ3n) is 4.63. The van der Waals surface area contributed by atoms with Gasteiger partial charge in [0.05, 0.1) is 24.2 Å². The highest BCUT2D eigenvalue weighted by atomic mass is 16.5. The Morgan fingerprint density at radius 1 is 1.23 bits per heavy atom. The van der Waals surface area contributed by atoms with Crippen molar-refractivity contribution in [1.82, 2.24) is 24.9 Å². The van der Waals surface area contributed by atoms with E-state index in [0.29, 0.717) is 16.6 Å². The Morgan fingerprint density at radius 3 is 2.63 bits per heavy atom. The minimum atomic E-state index is -0.540. The first kappa shape index (κ1) is 21.2. The summed E-state index contributed by atoms with van der Waals surface area (Å²) in [5.74, 6) is -1.03. The number of hydrogen-bond acceptors (Lipinski definition) is 6. The lowest BCUT2D eigenvalue weighted by Crippen LogP contribution is -2.37. The van der Waals surface area contributed by atoms with E-state index in [1.807, 2.05) is 45.0 Å². The first-order chi connectivity index (χ1) is 14.3. The van der Waals surface area contributed by atoms with Crippen LogP contribution < -0.4 is 10.9 Å². The summed E-state index contributed by atoms with van der Waals surface area (Å²) in [7, 11) is 0. The van der Waals surface area contributed by atoms with Crippen LogP contribution in [0, 0.1) is 6.92 Å². The Bertz CT molecular complexity index is 1150. The van der Waals surface area contributed by atoms with Crippen molar-refractivity contribution >= 4 is 22.8 Å². The molecule has 0 aliphatic heterocycles. The third-order valence-corrected chi connectivity index (χ3v) is 4.63. The predicted octanol–water partition coefficient (Wildman–Crippen LogP) is 1.69. The lowest BCUT2D eigenvalue weighted by atomic mass is 10.1. The van der Waals surface area contributed by atoms with Crippen molar-refractivity contribution in [2.24, 2.45) is 0 Å². The van der Waals surface area contributed by atoms with Gasteiger partial charge in [-0.2, -0.15) is 10.2 Å². The third kappa shape index (κ3) is 4.24. The molecular formula is C21H25N5O4. The highest BCUT2D eigenvalue weighted by Crippen LogP contribution is 2.24. The zero-order valence-electron chi connectivity index (χ0n) is 17.5. The molecule has 0 aliphatic carbocycles. The first-order valence-corrected chi connectivity index (χ1v) is 9.80. The number of nitrogens with zero attached hydrogens (tertiary/aromatic N) is 4. The quantitative estimate of drug-likeness (QED) is 0.593. The topological polar surface area (TPSA) is 108 Å². The molecule has 9 nitrogen and oxygen atoms in total. The molecule has 2 aromatic heterocycles. The Hall–Kier alpha value is -3.49. The van der Waals surface area contributed by atoms with Gasteiger partial charge in [0, 0.05) is 5.39 Å². The maximum atomic E-state index is 13.2. The fourth-order valence-electron chi connectivity index (χ4n) is 3.19. The van der Waals surface area contributed by atoms with E-state index < -0.39 is 17.4 Å². The van der Waals surface area contributed by atoms with Crippen LogP contribution in [-0.2, 0) is 20.9 Å².